The van der Waals surface area contributed by atoms with E-state index >= 15 is 0 Å². The Morgan fingerprint density at radius 1 is 1.22 bits per heavy atom. The van der Waals surface area contributed by atoms with Crippen molar-refractivity contribution in [3.63, 3.8) is 0 Å². The van der Waals surface area contributed by atoms with Gasteiger partial charge in [0, 0.05) is 24.4 Å². The first kappa shape index (κ1) is 12.3. The van der Waals surface area contributed by atoms with Crippen LogP contribution in [0, 0.1) is 0 Å². The van der Waals surface area contributed by atoms with Crippen LogP contribution in [0.5, 0.6) is 5.75 Å². The van der Waals surface area contributed by atoms with Gasteiger partial charge in [-0.3, -0.25) is 9.78 Å². The minimum Gasteiger partial charge on any atom is -0.494 e. The number of Topliss-reactive ketones (excluding diaryl/α,β-unsaturated/α-hetero) is 1. The minimum absolute atomic E-state index is 0.0859. The van der Waals surface area contributed by atoms with Crippen molar-refractivity contribution in [1.82, 2.24) is 4.98 Å². The van der Waals surface area contributed by atoms with Gasteiger partial charge in [0.1, 0.15) is 5.75 Å². The number of benzene rings is 1. The van der Waals surface area contributed by atoms with Crippen molar-refractivity contribution >= 4 is 5.78 Å². The van der Waals surface area contributed by atoms with Crippen LogP contribution >= 0.6 is 0 Å². The summed E-state index contributed by atoms with van der Waals surface area (Å²) in [6.07, 6.45) is 3.77. The lowest BCUT2D eigenvalue weighted by atomic mass is 10.0. The van der Waals surface area contributed by atoms with Crippen LogP contribution < -0.4 is 4.74 Å². The fourth-order valence-electron chi connectivity index (χ4n) is 1.71. The van der Waals surface area contributed by atoms with E-state index in [4.69, 9.17) is 4.74 Å². The Morgan fingerprint density at radius 3 is 2.72 bits per heavy atom. The molecule has 0 saturated carbocycles. The summed E-state index contributed by atoms with van der Waals surface area (Å²) in [5.74, 6) is 0.820. The molecule has 92 valence electrons. The summed E-state index contributed by atoms with van der Waals surface area (Å²) in [4.78, 5) is 16.0. The van der Waals surface area contributed by atoms with Gasteiger partial charge in [-0.2, -0.15) is 0 Å². The van der Waals surface area contributed by atoms with Crippen molar-refractivity contribution < 1.29 is 9.53 Å². The molecule has 0 N–H and O–H groups in total. The molecule has 0 spiro atoms. The van der Waals surface area contributed by atoms with Gasteiger partial charge in [0.2, 0.25) is 0 Å². The van der Waals surface area contributed by atoms with Crippen LogP contribution in [0.15, 0.2) is 48.8 Å². The molecule has 3 heteroatoms. The molecular formula is C15H15NO2. The molecule has 0 aliphatic carbocycles. The molecule has 0 atom stereocenters. The fraction of sp³-hybridized carbons (Fsp3) is 0.200. The van der Waals surface area contributed by atoms with E-state index in [0.29, 0.717) is 18.6 Å². The number of rotatable bonds is 5. The number of hydrogen-bond acceptors (Lipinski definition) is 3. The predicted octanol–water partition coefficient (Wildman–Crippen LogP) is 2.91. The Kier molecular flexibility index (Phi) is 4.07. The first-order valence-electron chi connectivity index (χ1n) is 5.94. The topological polar surface area (TPSA) is 39.2 Å². The highest BCUT2D eigenvalue weighted by Gasteiger charge is 2.07. The van der Waals surface area contributed by atoms with E-state index in [0.717, 1.165) is 11.3 Å². The summed E-state index contributed by atoms with van der Waals surface area (Å²) < 4.78 is 5.38. The number of carbonyl (C=O) groups excluding carboxylic acids is 1. The van der Waals surface area contributed by atoms with E-state index in [1.807, 2.05) is 37.3 Å². The minimum atomic E-state index is 0.0859. The van der Waals surface area contributed by atoms with E-state index in [-0.39, 0.29) is 5.78 Å². The van der Waals surface area contributed by atoms with Crippen molar-refractivity contribution in [1.29, 1.82) is 0 Å². The van der Waals surface area contributed by atoms with Crippen LogP contribution in [-0.2, 0) is 6.42 Å². The predicted molar refractivity (Wildman–Crippen MR) is 69.9 cm³/mol. The van der Waals surface area contributed by atoms with Crippen LogP contribution in [0.25, 0.3) is 0 Å². The molecule has 0 aliphatic rings. The van der Waals surface area contributed by atoms with Crippen LogP contribution in [0.4, 0.5) is 0 Å². The molecule has 1 aromatic heterocycles. The smallest absolute Gasteiger partial charge is 0.167 e. The van der Waals surface area contributed by atoms with Gasteiger partial charge in [0.25, 0.3) is 0 Å². The van der Waals surface area contributed by atoms with E-state index in [1.54, 1.807) is 18.5 Å². The van der Waals surface area contributed by atoms with E-state index < -0.39 is 0 Å². The third kappa shape index (κ3) is 3.17. The molecular weight excluding hydrogens is 226 g/mol. The molecule has 1 heterocycles. The van der Waals surface area contributed by atoms with Gasteiger partial charge in [0.15, 0.2) is 5.78 Å². The monoisotopic (exact) mass is 241 g/mol. The molecule has 2 aromatic rings. The van der Waals surface area contributed by atoms with Crippen molar-refractivity contribution in [2.75, 3.05) is 6.61 Å². The third-order valence-electron chi connectivity index (χ3n) is 2.58. The van der Waals surface area contributed by atoms with Crippen molar-refractivity contribution in [3.8, 4) is 5.75 Å². The second-order valence-electron chi connectivity index (χ2n) is 3.92. The number of carbonyl (C=O) groups is 1. The Bertz CT molecular complexity index is 523. The zero-order chi connectivity index (χ0) is 12.8. The Morgan fingerprint density at radius 2 is 2.00 bits per heavy atom. The molecule has 18 heavy (non-hydrogen) atoms. The van der Waals surface area contributed by atoms with E-state index in [9.17, 15) is 4.79 Å². The average molecular weight is 241 g/mol. The summed E-state index contributed by atoms with van der Waals surface area (Å²) >= 11 is 0. The lowest BCUT2D eigenvalue weighted by Crippen LogP contribution is -2.04. The van der Waals surface area contributed by atoms with Gasteiger partial charge in [-0.1, -0.05) is 12.1 Å². The standard InChI is InChI=1S/C15H15NO2/c1-2-18-14-5-3-4-13(11-14)15(17)10-12-6-8-16-9-7-12/h3-9,11H,2,10H2,1H3. The van der Waals surface area contributed by atoms with Gasteiger partial charge in [-0.05, 0) is 36.8 Å². The largest absolute Gasteiger partial charge is 0.494 e. The Balaban J connectivity index is 2.11. The van der Waals surface area contributed by atoms with Crippen molar-refractivity contribution in [3.05, 3.63) is 59.9 Å². The van der Waals surface area contributed by atoms with Crippen LogP contribution in [-0.4, -0.2) is 17.4 Å². The molecule has 0 radical (unpaired) electrons. The molecule has 0 fully saturated rings. The molecule has 0 bridgehead atoms. The highest BCUT2D eigenvalue weighted by atomic mass is 16.5. The lowest BCUT2D eigenvalue weighted by Gasteiger charge is -2.05. The highest BCUT2D eigenvalue weighted by molar-refractivity contribution is 5.97. The zero-order valence-corrected chi connectivity index (χ0v) is 10.3. The quantitative estimate of drug-likeness (QED) is 0.755. The van der Waals surface area contributed by atoms with Crippen LogP contribution in [0.3, 0.4) is 0 Å². The maximum Gasteiger partial charge on any atom is 0.167 e. The molecule has 0 aliphatic heterocycles. The first-order chi connectivity index (χ1) is 8.79. The molecule has 0 unspecified atom stereocenters. The molecule has 2 rings (SSSR count). The van der Waals surface area contributed by atoms with Gasteiger partial charge in [0.05, 0.1) is 6.61 Å². The lowest BCUT2D eigenvalue weighted by molar-refractivity contribution is 0.0992. The summed E-state index contributed by atoms with van der Waals surface area (Å²) in [6.45, 7) is 2.52. The second-order valence-corrected chi connectivity index (χ2v) is 3.92. The fourth-order valence-corrected chi connectivity index (χ4v) is 1.71. The molecule has 0 saturated heterocycles. The highest BCUT2D eigenvalue weighted by Crippen LogP contribution is 2.15. The van der Waals surface area contributed by atoms with Crippen LogP contribution in [0.2, 0.25) is 0 Å². The molecule has 3 nitrogen and oxygen atoms in total. The third-order valence-corrected chi connectivity index (χ3v) is 2.58. The molecule has 0 amide bonds. The average Bonchev–Trinajstić information content (AvgIpc) is 2.40. The van der Waals surface area contributed by atoms with Gasteiger partial charge >= 0.3 is 0 Å². The SMILES string of the molecule is CCOc1cccc(C(=O)Cc2ccncc2)c1. The summed E-state index contributed by atoms with van der Waals surface area (Å²) in [7, 11) is 0. The van der Waals surface area contributed by atoms with E-state index in [2.05, 4.69) is 4.98 Å². The van der Waals surface area contributed by atoms with Crippen molar-refractivity contribution in [2.45, 2.75) is 13.3 Å². The van der Waals surface area contributed by atoms with Crippen LogP contribution in [0.1, 0.15) is 22.8 Å². The number of pyridine rings is 1. The number of hydrogen-bond donors (Lipinski definition) is 0. The van der Waals surface area contributed by atoms with Gasteiger partial charge in [-0.25, -0.2) is 0 Å². The van der Waals surface area contributed by atoms with Gasteiger partial charge in [-0.15, -0.1) is 0 Å². The first-order valence-corrected chi connectivity index (χ1v) is 5.94. The number of aromatic nitrogens is 1. The number of ether oxygens (including phenoxy) is 1. The molecule has 1 aromatic carbocycles. The normalized spacial score (nSPS) is 10.1. The number of ketones is 1. The van der Waals surface area contributed by atoms with Gasteiger partial charge < -0.3 is 4.74 Å². The van der Waals surface area contributed by atoms with E-state index in [1.165, 1.54) is 0 Å². The number of nitrogens with zero attached hydrogens (tertiary/aromatic N) is 1. The van der Waals surface area contributed by atoms with Crippen molar-refractivity contribution in [2.24, 2.45) is 0 Å². The summed E-state index contributed by atoms with van der Waals surface area (Å²) in [5, 5.41) is 0. The maximum absolute atomic E-state index is 12.1. The second kappa shape index (κ2) is 5.96. The maximum atomic E-state index is 12.1. The Labute approximate surface area is 106 Å². The zero-order valence-electron chi connectivity index (χ0n) is 10.3. The summed E-state index contributed by atoms with van der Waals surface area (Å²) in [6, 6.07) is 11.0. The summed E-state index contributed by atoms with van der Waals surface area (Å²) in [5.41, 5.74) is 1.65. The Hall–Kier alpha value is -2.16.